The number of ketones is 1. The fourth-order valence-electron chi connectivity index (χ4n) is 2.07. The number of hydrogen-bond donors (Lipinski definition) is 0. The van der Waals surface area contributed by atoms with Crippen LogP contribution in [0.15, 0.2) is 35.2 Å². The molecule has 1 atom stereocenters. The van der Waals surface area contributed by atoms with Crippen molar-refractivity contribution in [3.63, 3.8) is 0 Å². The third kappa shape index (κ3) is 2.67. The number of rotatable bonds is 2. The van der Waals surface area contributed by atoms with Crippen LogP contribution in [0.1, 0.15) is 33.1 Å². The van der Waals surface area contributed by atoms with Crippen molar-refractivity contribution in [1.82, 2.24) is 0 Å². The topological polar surface area (TPSA) is 17.1 Å². The molecule has 0 radical (unpaired) electrons. The van der Waals surface area contributed by atoms with Crippen LogP contribution in [0, 0.1) is 5.41 Å². The minimum atomic E-state index is 0.272. The lowest BCUT2D eigenvalue weighted by molar-refractivity contribution is -0.121. The molecule has 1 nitrogen and oxygen atoms in total. The Bertz CT molecular complexity index is 370. The maximum absolute atomic E-state index is 11.5. The first-order chi connectivity index (χ1) is 7.58. The molecule has 0 aliphatic heterocycles. The number of benzene rings is 1. The van der Waals surface area contributed by atoms with Crippen molar-refractivity contribution in [2.24, 2.45) is 5.41 Å². The molecule has 0 N–H and O–H groups in total. The predicted molar refractivity (Wildman–Crippen MR) is 68.7 cm³/mol. The van der Waals surface area contributed by atoms with Crippen molar-refractivity contribution >= 4 is 17.5 Å². The first-order valence-electron chi connectivity index (χ1n) is 5.81. The summed E-state index contributed by atoms with van der Waals surface area (Å²) in [5.41, 5.74) is 0.272. The molecule has 1 aromatic carbocycles. The van der Waals surface area contributed by atoms with Gasteiger partial charge in [-0.2, -0.15) is 0 Å². The molecule has 86 valence electrons. The summed E-state index contributed by atoms with van der Waals surface area (Å²) in [5, 5.41) is 0.427. The molecule has 1 aromatic rings. The highest BCUT2D eigenvalue weighted by molar-refractivity contribution is 8.00. The van der Waals surface area contributed by atoms with Gasteiger partial charge in [-0.15, -0.1) is 11.8 Å². The van der Waals surface area contributed by atoms with Crippen LogP contribution in [0.25, 0.3) is 0 Å². The van der Waals surface area contributed by atoms with E-state index in [1.165, 1.54) is 4.90 Å². The summed E-state index contributed by atoms with van der Waals surface area (Å²) in [6, 6.07) is 10.4. The minimum absolute atomic E-state index is 0.272. The van der Waals surface area contributed by atoms with Crippen molar-refractivity contribution in [3.8, 4) is 0 Å². The van der Waals surface area contributed by atoms with Gasteiger partial charge in [-0.3, -0.25) is 4.79 Å². The van der Waals surface area contributed by atoms with E-state index in [2.05, 4.69) is 38.1 Å². The maximum atomic E-state index is 11.5. The van der Waals surface area contributed by atoms with Crippen molar-refractivity contribution in [2.75, 3.05) is 0 Å². The van der Waals surface area contributed by atoms with Crippen molar-refractivity contribution in [2.45, 2.75) is 43.3 Å². The lowest BCUT2D eigenvalue weighted by Crippen LogP contribution is -2.34. The first kappa shape index (κ1) is 11.7. The van der Waals surface area contributed by atoms with Gasteiger partial charge in [0.1, 0.15) is 5.78 Å². The molecule has 0 bridgehead atoms. The standard InChI is InChI=1S/C14H18OS/c1-14(2)9-8-11(15)10-13(14)16-12-6-4-3-5-7-12/h3-7,13H,8-10H2,1-2H3. The third-order valence-corrected chi connectivity index (χ3v) is 4.99. The number of hydrogen-bond acceptors (Lipinski definition) is 2. The van der Waals surface area contributed by atoms with Crippen LogP contribution in [0.4, 0.5) is 0 Å². The van der Waals surface area contributed by atoms with Crippen molar-refractivity contribution in [1.29, 1.82) is 0 Å². The molecule has 2 rings (SSSR count). The van der Waals surface area contributed by atoms with Gasteiger partial charge in [0.25, 0.3) is 0 Å². The quantitative estimate of drug-likeness (QED) is 0.771. The molecule has 0 spiro atoms. The summed E-state index contributed by atoms with van der Waals surface area (Å²) in [4.78, 5) is 12.8. The second-order valence-corrected chi connectivity index (χ2v) is 6.43. The Morgan fingerprint density at radius 1 is 1.25 bits per heavy atom. The largest absolute Gasteiger partial charge is 0.300 e. The molecule has 2 heteroatoms. The van der Waals surface area contributed by atoms with E-state index in [0.29, 0.717) is 11.0 Å². The Hall–Kier alpha value is -0.760. The summed E-state index contributed by atoms with van der Waals surface area (Å²) in [7, 11) is 0. The molecule has 1 unspecified atom stereocenters. The van der Waals surface area contributed by atoms with E-state index in [1.807, 2.05) is 17.8 Å². The molecule has 0 saturated heterocycles. The Morgan fingerprint density at radius 3 is 2.62 bits per heavy atom. The number of carbonyl (C=O) groups is 1. The van der Waals surface area contributed by atoms with E-state index in [1.54, 1.807) is 0 Å². The summed E-state index contributed by atoms with van der Waals surface area (Å²) < 4.78 is 0. The van der Waals surface area contributed by atoms with Crippen LogP contribution in [-0.4, -0.2) is 11.0 Å². The molecule has 1 aliphatic rings. The molecule has 1 aliphatic carbocycles. The van der Waals surface area contributed by atoms with Gasteiger partial charge in [0, 0.05) is 23.0 Å². The second kappa shape index (κ2) is 4.62. The molecule has 16 heavy (non-hydrogen) atoms. The van der Waals surface area contributed by atoms with Gasteiger partial charge in [0.15, 0.2) is 0 Å². The number of thioether (sulfide) groups is 1. The fourth-order valence-corrected chi connectivity index (χ4v) is 3.42. The van der Waals surface area contributed by atoms with E-state index < -0.39 is 0 Å². The molecule has 0 heterocycles. The summed E-state index contributed by atoms with van der Waals surface area (Å²) in [5.74, 6) is 0.424. The highest BCUT2D eigenvalue weighted by Crippen LogP contribution is 2.43. The Morgan fingerprint density at radius 2 is 1.94 bits per heavy atom. The normalized spacial score (nSPS) is 24.4. The molecular weight excluding hydrogens is 216 g/mol. The van der Waals surface area contributed by atoms with Crippen LogP contribution in [0.3, 0.4) is 0 Å². The number of Topliss-reactive ketones (excluding diaryl/α,β-unsaturated/α-hetero) is 1. The van der Waals surface area contributed by atoms with E-state index in [4.69, 9.17) is 0 Å². The Labute approximate surface area is 102 Å². The van der Waals surface area contributed by atoms with Crippen LogP contribution >= 0.6 is 11.8 Å². The lowest BCUT2D eigenvalue weighted by Gasteiger charge is -2.37. The lowest BCUT2D eigenvalue weighted by atomic mass is 9.76. The van der Waals surface area contributed by atoms with Gasteiger partial charge >= 0.3 is 0 Å². The van der Waals surface area contributed by atoms with Gasteiger partial charge in [-0.1, -0.05) is 32.0 Å². The van der Waals surface area contributed by atoms with Crippen LogP contribution < -0.4 is 0 Å². The average molecular weight is 234 g/mol. The zero-order valence-electron chi connectivity index (χ0n) is 9.90. The highest BCUT2D eigenvalue weighted by Gasteiger charge is 2.36. The third-order valence-electron chi connectivity index (χ3n) is 3.35. The monoisotopic (exact) mass is 234 g/mol. The molecule has 0 aromatic heterocycles. The molecule has 1 saturated carbocycles. The van der Waals surface area contributed by atoms with Gasteiger partial charge < -0.3 is 0 Å². The maximum Gasteiger partial charge on any atom is 0.134 e. The second-order valence-electron chi connectivity index (χ2n) is 5.15. The predicted octanol–water partition coefficient (Wildman–Crippen LogP) is 3.93. The fraction of sp³-hybridized carbons (Fsp3) is 0.500. The average Bonchev–Trinajstić information content (AvgIpc) is 2.26. The van der Waals surface area contributed by atoms with Crippen LogP contribution in [0.2, 0.25) is 0 Å². The minimum Gasteiger partial charge on any atom is -0.300 e. The van der Waals surface area contributed by atoms with Crippen molar-refractivity contribution in [3.05, 3.63) is 30.3 Å². The zero-order chi connectivity index (χ0) is 11.6. The zero-order valence-corrected chi connectivity index (χ0v) is 10.7. The molecule has 0 amide bonds. The number of carbonyl (C=O) groups excluding carboxylic acids is 1. The summed E-state index contributed by atoms with van der Waals surface area (Å²) in [6.45, 7) is 4.56. The Kier molecular flexibility index (Phi) is 3.38. The van der Waals surface area contributed by atoms with Gasteiger partial charge in [-0.05, 0) is 24.0 Å². The van der Waals surface area contributed by atoms with E-state index >= 15 is 0 Å². The van der Waals surface area contributed by atoms with E-state index in [9.17, 15) is 4.79 Å². The first-order valence-corrected chi connectivity index (χ1v) is 6.69. The molecular formula is C14H18OS. The van der Waals surface area contributed by atoms with Gasteiger partial charge in [-0.25, -0.2) is 0 Å². The summed E-state index contributed by atoms with van der Waals surface area (Å²) in [6.07, 6.45) is 2.52. The van der Waals surface area contributed by atoms with Gasteiger partial charge in [0.2, 0.25) is 0 Å². The SMILES string of the molecule is CC1(C)CCC(=O)CC1Sc1ccccc1. The van der Waals surface area contributed by atoms with Crippen LogP contribution in [-0.2, 0) is 4.79 Å². The van der Waals surface area contributed by atoms with E-state index in [-0.39, 0.29) is 5.41 Å². The van der Waals surface area contributed by atoms with Gasteiger partial charge in [0.05, 0.1) is 0 Å². The van der Waals surface area contributed by atoms with Crippen molar-refractivity contribution < 1.29 is 4.79 Å². The van der Waals surface area contributed by atoms with E-state index in [0.717, 1.165) is 19.3 Å². The smallest absolute Gasteiger partial charge is 0.134 e. The highest BCUT2D eigenvalue weighted by atomic mass is 32.2. The van der Waals surface area contributed by atoms with Crippen LogP contribution in [0.5, 0.6) is 0 Å². The molecule has 1 fully saturated rings. The Balaban J connectivity index is 2.10. The summed E-state index contributed by atoms with van der Waals surface area (Å²) >= 11 is 1.85.